The smallest absolute Gasteiger partial charge is 0.0624 e. The van der Waals surface area contributed by atoms with E-state index in [1.165, 1.54) is 44.9 Å². The van der Waals surface area contributed by atoms with E-state index >= 15 is 0 Å². The summed E-state index contributed by atoms with van der Waals surface area (Å²) in [4.78, 5) is 0. The van der Waals surface area contributed by atoms with Crippen molar-refractivity contribution in [3.63, 3.8) is 0 Å². The molecule has 0 spiro atoms. The van der Waals surface area contributed by atoms with Crippen molar-refractivity contribution in [2.45, 2.75) is 70.2 Å². The third-order valence-corrected chi connectivity index (χ3v) is 5.68. The lowest BCUT2D eigenvalue weighted by Gasteiger charge is -2.41. The summed E-state index contributed by atoms with van der Waals surface area (Å²) in [6.07, 6.45) is 9.91. The highest BCUT2D eigenvalue weighted by molar-refractivity contribution is 4.88. The summed E-state index contributed by atoms with van der Waals surface area (Å²) in [5.74, 6) is 2.04. The Morgan fingerprint density at radius 3 is 1.95 bits per heavy atom. The second-order valence-corrected chi connectivity index (χ2v) is 6.81. The van der Waals surface area contributed by atoms with Crippen molar-refractivity contribution in [1.29, 1.82) is 0 Å². The fourth-order valence-corrected chi connectivity index (χ4v) is 4.37. The molecule has 20 heavy (non-hydrogen) atoms. The number of methoxy groups -OCH3 is 3. The van der Waals surface area contributed by atoms with Crippen LogP contribution in [-0.2, 0) is 14.2 Å². The first kappa shape index (κ1) is 16.3. The summed E-state index contributed by atoms with van der Waals surface area (Å²) in [7, 11) is 5.58. The Bertz CT molecular complexity index is 269. The minimum absolute atomic E-state index is 0.383. The van der Waals surface area contributed by atoms with Crippen LogP contribution in [0.1, 0.15) is 51.9 Å². The van der Waals surface area contributed by atoms with Gasteiger partial charge in [0.25, 0.3) is 0 Å². The van der Waals surface area contributed by atoms with Gasteiger partial charge in [-0.25, -0.2) is 0 Å². The van der Waals surface area contributed by atoms with Crippen molar-refractivity contribution in [3.8, 4) is 0 Å². The minimum Gasteiger partial charge on any atom is -0.381 e. The molecule has 5 atom stereocenters. The summed E-state index contributed by atoms with van der Waals surface area (Å²) in [5, 5.41) is 0. The molecule has 5 unspecified atom stereocenters. The van der Waals surface area contributed by atoms with Gasteiger partial charge in [0.05, 0.1) is 18.3 Å². The fourth-order valence-electron chi connectivity index (χ4n) is 4.37. The van der Waals surface area contributed by atoms with E-state index in [2.05, 4.69) is 6.92 Å². The highest BCUT2D eigenvalue weighted by Crippen LogP contribution is 2.39. The Morgan fingerprint density at radius 1 is 0.800 bits per heavy atom. The van der Waals surface area contributed by atoms with E-state index in [0.717, 1.165) is 5.92 Å². The molecule has 0 bridgehead atoms. The molecule has 2 aliphatic rings. The molecule has 118 valence electrons. The molecule has 0 radical (unpaired) electrons. The largest absolute Gasteiger partial charge is 0.381 e. The summed E-state index contributed by atoms with van der Waals surface area (Å²) < 4.78 is 17.1. The predicted molar refractivity (Wildman–Crippen MR) is 80.9 cm³/mol. The van der Waals surface area contributed by atoms with Crippen molar-refractivity contribution in [2.24, 2.45) is 17.8 Å². The molecule has 2 rings (SSSR count). The van der Waals surface area contributed by atoms with Crippen LogP contribution in [0.4, 0.5) is 0 Å². The van der Waals surface area contributed by atoms with Gasteiger partial charge in [-0.05, 0) is 56.8 Å². The van der Waals surface area contributed by atoms with Crippen molar-refractivity contribution >= 4 is 0 Å². The van der Waals surface area contributed by atoms with Gasteiger partial charge in [0, 0.05) is 27.2 Å². The molecule has 0 saturated heterocycles. The van der Waals surface area contributed by atoms with E-state index in [1.54, 1.807) is 0 Å². The zero-order valence-corrected chi connectivity index (χ0v) is 13.6. The van der Waals surface area contributed by atoms with Crippen LogP contribution >= 0.6 is 0 Å². The lowest BCUT2D eigenvalue weighted by atomic mass is 9.72. The number of ether oxygens (including phenoxy) is 3. The number of hydrogen-bond donors (Lipinski definition) is 0. The maximum Gasteiger partial charge on any atom is 0.0624 e. The molecule has 3 heteroatoms. The van der Waals surface area contributed by atoms with Crippen molar-refractivity contribution in [1.82, 2.24) is 0 Å². The van der Waals surface area contributed by atoms with Crippen LogP contribution in [0.5, 0.6) is 0 Å². The van der Waals surface area contributed by atoms with Gasteiger partial charge in [-0.15, -0.1) is 0 Å². The zero-order chi connectivity index (χ0) is 14.5. The average Bonchev–Trinajstić information content (AvgIpc) is 2.49. The molecule has 0 N–H and O–H groups in total. The van der Waals surface area contributed by atoms with Gasteiger partial charge in [0.15, 0.2) is 0 Å². The van der Waals surface area contributed by atoms with E-state index in [0.29, 0.717) is 30.1 Å². The molecule has 2 saturated carbocycles. The average molecular weight is 284 g/mol. The third kappa shape index (κ3) is 3.75. The van der Waals surface area contributed by atoms with Crippen molar-refractivity contribution in [3.05, 3.63) is 0 Å². The van der Waals surface area contributed by atoms with Crippen LogP contribution in [0, 0.1) is 17.8 Å². The molecule has 0 aliphatic heterocycles. The van der Waals surface area contributed by atoms with Crippen molar-refractivity contribution < 1.29 is 14.2 Å². The molecule has 0 aromatic rings. The highest BCUT2D eigenvalue weighted by atomic mass is 16.5. The molecular formula is C17H32O3. The topological polar surface area (TPSA) is 27.7 Å². The first-order chi connectivity index (χ1) is 9.69. The second-order valence-electron chi connectivity index (χ2n) is 6.81. The Morgan fingerprint density at radius 2 is 1.40 bits per heavy atom. The van der Waals surface area contributed by atoms with E-state index in [-0.39, 0.29) is 0 Å². The summed E-state index contributed by atoms with van der Waals surface area (Å²) >= 11 is 0. The van der Waals surface area contributed by atoms with Gasteiger partial charge < -0.3 is 14.2 Å². The Balaban J connectivity index is 1.95. The molecule has 0 aromatic heterocycles. The second kappa shape index (κ2) is 7.77. The van der Waals surface area contributed by atoms with E-state index in [4.69, 9.17) is 14.2 Å². The SMILES string of the molecule is COC1CC(CC2C(OC)CCCC2OC)CCC1C. The van der Waals surface area contributed by atoms with Crippen LogP contribution in [0.2, 0.25) is 0 Å². The van der Waals surface area contributed by atoms with Gasteiger partial charge in [-0.2, -0.15) is 0 Å². The quantitative estimate of drug-likeness (QED) is 0.771. The monoisotopic (exact) mass is 284 g/mol. The van der Waals surface area contributed by atoms with Crippen LogP contribution < -0.4 is 0 Å². The molecule has 2 aliphatic carbocycles. The standard InChI is InChI=1S/C17H32O3/c1-12-8-9-13(11-17(12)20-4)10-14-15(18-2)6-5-7-16(14)19-3/h12-17H,5-11H2,1-4H3. The Kier molecular flexibility index (Phi) is 6.31. The van der Waals surface area contributed by atoms with Gasteiger partial charge >= 0.3 is 0 Å². The maximum absolute atomic E-state index is 5.74. The molecule has 3 nitrogen and oxygen atoms in total. The summed E-state index contributed by atoms with van der Waals surface area (Å²) in [5.41, 5.74) is 0. The molecule has 0 amide bonds. The lowest BCUT2D eigenvalue weighted by Crippen LogP contribution is -2.41. The highest BCUT2D eigenvalue weighted by Gasteiger charge is 2.37. The van der Waals surface area contributed by atoms with Gasteiger partial charge in [-0.3, -0.25) is 0 Å². The third-order valence-electron chi connectivity index (χ3n) is 5.68. The minimum atomic E-state index is 0.383. The zero-order valence-electron chi connectivity index (χ0n) is 13.6. The number of rotatable bonds is 5. The van der Waals surface area contributed by atoms with Crippen molar-refractivity contribution in [2.75, 3.05) is 21.3 Å². The molecule has 0 heterocycles. The van der Waals surface area contributed by atoms with E-state index in [1.807, 2.05) is 21.3 Å². The predicted octanol–water partition coefficient (Wildman–Crippen LogP) is 3.66. The fraction of sp³-hybridized carbons (Fsp3) is 1.00. The maximum atomic E-state index is 5.74. The van der Waals surface area contributed by atoms with E-state index in [9.17, 15) is 0 Å². The van der Waals surface area contributed by atoms with Crippen LogP contribution in [0.15, 0.2) is 0 Å². The first-order valence-corrected chi connectivity index (χ1v) is 8.28. The first-order valence-electron chi connectivity index (χ1n) is 8.28. The Labute approximate surface area is 124 Å². The normalized spacial score (nSPS) is 42.6. The Hall–Kier alpha value is -0.120. The van der Waals surface area contributed by atoms with Crippen LogP contribution in [0.25, 0.3) is 0 Å². The van der Waals surface area contributed by atoms with Gasteiger partial charge in [0.2, 0.25) is 0 Å². The van der Waals surface area contributed by atoms with Crippen LogP contribution in [0.3, 0.4) is 0 Å². The van der Waals surface area contributed by atoms with Gasteiger partial charge in [-0.1, -0.05) is 6.92 Å². The molecule has 2 fully saturated rings. The molecule has 0 aromatic carbocycles. The lowest BCUT2D eigenvalue weighted by molar-refractivity contribution is -0.0785. The van der Waals surface area contributed by atoms with E-state index < -0.39 is 0 Å². The summed E-state index contributed by atoms with van der Waals surface area (Å²) in [6.45, 7) is 2.32. The van der Waals surface area contributed by atoms with Gasteiger partial charge in [0.1, 0.15) is 0 Å². The molecular weight excluding hydrogens is 252 g/mol. The number of hydrogen-bond acceptors (Lipinski definition) is 3. The van der Waals surface area contributed by atoms with Crippen LogP contribution in [-0.4, -0.2) is 39.6 Å². The summed E-state index contributed by atoms with van der Waals surface area (Å²) in [6, 6.07) is 0.